The number of thiophene rings is 1. The molecule has 134 valence electrons. The van der Waals surface area contributed by atoms with Crippen molar-refractivity contribution in [2.75, 3.05) is 4.90 Å². The second-order valence-electron chi connectivity index (χ2n) is 6.81. The number of hydrogen-bond acceptors (Lipinski definition) is 3. The van der Waals surface area contributed by atoms with E-state index in [-0.39, 0.29) is 5.91 Å². The number of nitrogens with zero attached hydrogens (tertiary/aromatic N) is 1. The summed E-state index contributed by atoms with van der Waals surface area (Å²) in [4.78, 5) is 16.1. The zero-order valence-electron chi connectivity index (χ0n) is 14.8. The highest BCUT2D eigenvalue weighted by Crippen LogP contribution is 2.31. The number of carbonyl (C=O) groups excluding carboxylic acids is 1. The Morgan fingerprint density at radius 1 is 1.12 bits per heavy atom. The fraction of sp³-hybridized carbons (Fsp3) is 0.318. The third-order valence-electron chi connectivity index (χ3n) is 5.05. The quantitative estimate of drug-likeness (QED) is 0.543. The minimum atomic E-state index is 0.253. The van der Waals surface area contributed by atoms with Gasteiger partial charge in [-0.1, -0.05) is 6.07 Å². The van der Waals surface area contributed by atoms with Crippen LogP contribution in [0.1, 0.15) is 37.0 Å². The lowest BCUT2D eigenvalue weighted by Crippen LogP contribution is -2.43. The zero-order valence-corrected chi connectivity index (χ0v) is 15.6. The maximum atomic E-state index is 12.6. The smallest absolute Gasteiger partial charge is 0.227 e. The van der Waals surface area contributed by atoms with E-state index in [0.29, 0.717) is 12.5 Å². The van der Waals surface area contributed by atoms with Crippen LogP contribution in [-0.2, 0) is 11.2 Å². The van der Waals surface area contributed by atoms with Gasteiger partial charge in [-0.05, 0) is 79.9 Å². The van der Waals surface area contributed by atoms with Gasteiger partial charge in [0.2, 0.25) is 5.91 Å². The summed E-state index contributed by atoms with van der Waals surface area (Å²) in [6.45, 7) is 0. The molecule has 1 aliphatic heterocycles. The molecule has 1 unspecified atom stereocenters. The number of anilines is 1. The topological polar surface area (TPSA) is 33.5 Å². The Hall–Kier alpha value is -2.33. The second kappa shape index (κ2) is 7.92. The molecule has 1 amide bonds. The van der Waals surface area contributed by atoms with Gasteiger partial charge in [-0.25, -0.2) is 0 Å². The van der Waals surface area contributed by atoms with Crippen molar-refractivity contribution in [2.45, 2.75) is 44.6 Å². The lowest BCUT2D eigenvalue weighted by Gasteiger charge is -2.36. The standard InChI is InChI=1S/C22H23NO2S/c24-22-10-2-6-18(5-1-7-20-8-4-16-26-20)23(22)19-13-11-17(12-14-19)21-9-3-15-25-21/h3-4,8-9,11-16,18H,1-2,5-7,10H2. The summed E-state index contributed by atoms with van der Waals surface area (Å²) < 4.78 is 5.46. The van der Waals surface area contributed by atoms with Gasteiger partial charge in [-0.3, -0.25) is 4.79 Å². The summed E-state index contributed by atoms with van der Waals surface area (Å²) in [5.74, 6) is 1.11. The molecule has 0 aliphatic carbocycles. The molecule has 1 fully saturated rings. The van der Waals surface area contributed by atoms with E-state index in [2.05, 4.69) is 17.5 Å². The van der Waals surface area contributed by atoms with Crippen molar-refractivity contribution < 1.29 is 9.21 Å². The molecule has 1 saturated heterocycles. The summed E-state index contributed by atoms with van der Waals surface area (Å²) in [5, 5.41) is 2.13. The fourth-order valence-electron chi connectivity index (χ4n) is 3.77. The number of benzene rings is 1. The molecule has 1 atom stereocenters. The van der Waals surface area contributed by atoms with Gasteiger partial charge >= 0.3 is 0 Å². The minimum Gasteiger partial charge on any atom is -0.464 e. The van der Waals surface area contributed by atoms with Gasteiger partial charge in [0.25, 0.3) is 0 Å². The van der Waals surface area contributed by atoms with Crippen LogP contribution in [0.15, 0.2) is 64.6 Å². The summed E-state index contributed by atoms with van der Waals surface area (Å²) >= 11 is 1.82. The number of hydrogen-bond donors (Lipinski definition) is 0. The van der Waals surface area contributed by atoms with Gasteiger partial charge in [0, 0.05) is 28.6 Å². The van der Waals surface area contributed by atoms with Gasteiger partial charge in [0.1, 0.15) is 5.76 Å². The van der Waals surface area contributed by atoms with E-state index in [4.69, 9.17) is 4.42 Å². The van der Waals surface area contributed by atoms with E-state index in [9.17, 15) is 4.79 Å². The first-order valence-corrected chi connectivity index (χ1v) is 10.2. The van der Waals surface area contributed by atoms with Gasteiger partial charge in [0.15, 0.2) is 0 Å². The summed E-state index contributed by atoms with van der Waals surface area (Å²) in [5.41, 5.74) is 2.04. The molecule has 4 heteroatoms. The van der Waals surface area contributed by atoms with Crippen molar-refractivity contribution in [3.05, 3.63) is 65.1 Å². The van der Waals surface area contributed by atoms with Crippen molar-refractivity contribution in [3.8, 4) is 11.3 Å². The zero-order chi connectivity index (χ0) is 17.8. The third kappa shape index (κ3) is 3.75. The van der Waals surface area contributed by atoms with E-state index in [1.165, 1.54) is 4.88 Å². The normalized spacial score (nSPS) is 17.6. The van der Waals surface area contributed by atoms with E-state index >= 15 is 0 Å². The molecule has 0 radical (unpaired) electrons. The number of carbonyl (C=O) groups is 1. The first-order valence-electron chi connectivity index (χ1n) is 9.29. The average Bonchev–Trinajstić information content (AvgIpc) is 3.36. The molecular formula is C22H23NO2S. The van der Waals surface area contributed by atoms with Gasteiger partial charge in [-0.15, -0.1) is 11.3 Å². The molecule has 1 aromatic carbocycles. The molecule has 3 aromatic rings. The third-order valence-corrected chi connectivity index (χ3v) is 5.99. The Balaban J connectivity index is 1.46. The maximum absolute atomic E-state index is 12.6. The van der Waals surface area contributed by atoms with Crippen LogP contribution in [0.4, 0.5) is 5.69 Å². The van der Waals surface area contributed by atoms with Crippen LogP contribution in [0, 0.1) is 0 Å². The molecule has 26 heavy (non-hydrogen) atoms. The molecule has 3 heterocycles. The van der Waals surface area contributed by atoms with E-state index in [1.807, 2.05) is 52.6 Å². The van der Waals surface area contributed by atoms with E-state index < -0.39 is 0 Å². The van der Waals surface area contributed by atoms with Gasteiger partial charge in [-0.2, -0.15) is 0 Å². The molecular weight excluding hydrogens is 342 g/mol. The highest BCUT2D eigenvalue weighted by Gasteiger charge is 2.28. The molecule has 0 bridgehead atoms. The summed E-state index contributed by atoms with van der Waals surface area (Å²) in [6.07, 6.45) is 7.72. The Labute approximate surface area is 158 Å². The van der Waals surface area contributed by atoms with Crippen molar-refractivity contribution in [3.63, 3.8) is 0 Å². The molecule has 2 aromatic heterocycles. The maximum Gasteiger partial charge on any atom is 0.227 e. The Kier molecular flexibility index (Phi) is 5.21. The van der Waals surface area contributed by atoms with Crippen LogP contribution < -0.4 is 4.90 Å². The van der Waals surface area contributed by atoms with Gasteiger partial charge < -0.3 is 9.32 Å². The van der Waals surface area contributed by atoms with Crippen molar-refractivity contribution in [2.24, 2.45) is 0 Å². The average molecular weight is 365 g/mol. The Bertz CT molecular complexity index is 822. The molecule has 0 spiro atoms. The number of amides is 1. The van der Waals surface area contributed by atoms with E-state index in [1.54, 1.807) is 6.26 Å². The molecule has 1 aliphatic rings. The Morgan fingerprint density at radius 3 is 2.73 bits per heavy atom. The predicted octanol–water partition coefficient (Wildman–Crippen LogP) is 5.92. The van der Waals surface area contributed by atoms with Crippen LogP contribution in [0.2, 0.25) is 0 Å². The largest absolute Gasteiger partial charge is 0.464 e. The molecule has 3 nitrogen and oxygen atoms in total. The van der Waals surface area contributed by atoms with Crippen LogP contribution in [0.5, 0.6) is 0 Å². The SMILES string of the molecule is O=C1CCCC(CCCc2cccs2)N1c1ccc(-c2ccco2)cc1. The monoisotopic (exact) mass is 365 g/mol. The van der Waals surface area contributed by atoms with E-state index in [0.717, 1.165) is 49.1 Å². The van der Waals surface area contributed by atoms with Crippen molar-refractivity contribution in [1.82, 2.24) is 0 Å². The molecule has 4 rings (SSSR count). The highest BCUT2D eigenvalue weighted by atomic mass is 32.1. The van der Waals surface area contributed by atoms with Crippen molar-refractivity contribution >= 4 is 22.9 Å². The number of aryl methyl sites for hydroxylation is 1. The lowest BCUT2D eigenvalue weighted by molar-refractivity contribution is -0.120. The Morgan fingerprint density at radius 2 is 2.00 bits per heavy atom. The lowest BCUT2D eigenvalue weighted by atomic mass is 9.95. The summed E-state index contributed by atoms with van der Waals surface area (Å²) in [7, 11) is 0. The highest BCUT2D eigenvalue weighted by molar-refractivity contribution is 7.09. The number of furan rings is 1. The molecule has 0 N–H and O–H groups in total. The van der Waals surface area contributed by atoms with Crippen LogP contribution >= 0.6 is 11.3 Å². The first kappa shape index (κ1) is 17.1. The van der Waals surface area contributed by atoms with Crippen LogP contribution in [0.25, 0.3) is 11.3 Å². The number of piperidine rings is 1. The number of rotatable bonds is 6. The fourth-order valence-corrected chi connectivity index (χ4v) is 4.52. The van der Waals surface area contributed by atoms with Crippen molar-refractivity contribution in [1.29, 1.82) is 0 Å². The molecule has 0 saturated carbocycles. The minimum absolute atomic E-state index is 0.253. The van der Waals surface area contributed by atoms with Crippen LogP contribution in [-0.4, -0.2) is 11.9 Å². The van der Waals surface area contributed by atoms with Crippen LogP contribution in [0.3, 0.4) is 0 Å². The predicted molar refractivity (Wildman–Crippen MR) is 107 cm³/mol. The summed E-state index contributed by atoms with van der Waals surface area (Å²) in [6, 6.07) is 16.6. The second-order valence-corrected chi connectivity index (χ2v) is 7.84. The first-order chi connectivity index (χ1) is 12.8. The van der Waals surface area contributed by atoms with Gasteiger partial charge in [0.05, 0.1) is 6.26 Å².